The molecule has 1 saturated heterocycles. The van der Waals surface area contributed by atoms with Crippen molar-refractivity contribution >= 4 is 11.9 Å². The lowest BCUT2D eigenvalue weighted by molar-refractivity contribution is -0.122. The second-order valence-electron chi connectivity index (χ2n) is 7.61. The summed E-state index contributed by atoms with van der Waals surface area (Å²) in [4.78, 5) is 20.8. The first-order chi connectivity index (χ1) is 14.1. The summed E-state index contributed by atoms with van der Waals surface area (Å²) in [6.45, 7) is 6.53. The van der Waals surface area contributed by atoms with Crippen LogP contribution >= 0.6 is 0 Å². The van der Waals surface area contributed by atoms with Crippen LogP contribution in [0.3, 0.4) is 0 Å². The lowest BCUT2D eigenvalue weighted by atomic mass is 10.3. The summed E-state index contributed by atoms with van der Waals surface area (Å²) in [5.74, 6) is 2.47. The fourth-order valence-electron chi connectivity index (χ4n) is 3.36. The second-order valence-corrected chi connectivity index (χ2v) is 7.61. The number of piperazine rings is 1. The van der Waals surface area contributed by atoms with Gasteiger partial charge in [-0.2, -0.15) is 0 Å². The number of ether oxygens (including phenoxy) is 2. The lowest BCUT2D eigenvalue weighted by Gasteiger charge is -2.36. The predicted octanol–water partition coefficient (Wildman–Crippen LogP) is 0.934. The molecule has 0 bridgehead atoms. The largest absolute Gasteiger partial charge is 0.493 e. The van der Waals surface area contributed by atoms with Gasteiger partial charge in [-0.05, 0) is 31.9 Å². The van der Waals surface area contributed by atoms with E-state index in [0.29, 0.717) is 19.1 Å². The summed E-state index contributed by atoms with van der Waals surface area (Å²) >= 11 is 0. The summed E-state index contributed by atoms with van der Waals surface area (Å²) in [6, 6.07) is 8.07. The van der Waals surface area contributed by atoms with E-state index in [1.165, 1.54) is 0 Å². The number of carbonyl (C=O) groups is 1. The van der Waals surface area contributed by atoms with Crippen LogP contribution < -0.4 is 20.1 Å². The molecule has 0 aromatic heterocycles. The van der Waals surface area contributed by atoms with Crippen molar-refractivity contribution in [1.29, 1.82) is 0 Å². The molecule has 1 atom stereocenters. The SMILES string of the molecule is CN=C(NCC(C)Oc1ccccc1OC)N1CCN(CC(=O)NC2CC2)CC1. The molecule has 1 aliphatic heterocycles. The number of methoxy groups -OCH3 is 1. The van der Waals surface area contributed by atoms with Crippen molar-refractivity contribution in [2.24, 2.45) is 4.99 Å². The highest BCUT2D eigenvalue weighted by molar-refractivity contribution is 5.80. The van der Waals surface area contributed by atoms with Gasteiger partial charge < -0.3 is 25.0 Å². The molecule has 8 heteroatoms. The van der Waals surface area contributed by atoms with Gasteiger partial charge in [-0.15, -0.1) is 0 Å². The molecule has 2 N–H and O–H groups in total. The average Bonchev–Trinajstić information content (AvgIpc) is 3.54. The summed E-state index contributed by atoms with van der Waals surface area (Å²) in [5, 5.41) is 6.45. The van der Waals surface area contributed by atoms with E-state index in [-0.39, 0.29) is 12.0 Å². The normalized spacial score (nSPS) is 18.9. The number of amides is 1. The number of hydrogen-bond acceptors (Lipinski definition) is 5. The molecule has 2 aliphatic rings. The highest BCUT2D eigenvalue weighted by Gasteiger charge is 2.26. The van der Waals surface area contributed by atoms with Gasteiger partial charge in [0, 0.05) is 39.3 Å². The van der Waals surface area contributed by atoms with Gasteiger partial charge in [0.25, 0.3) is 0 Å². The fourth-order valence-corrected chi connectivity index (χ4v) is 3.36. The molecule has 3 rings (SSSR count). The zero-order valence-corrected chi connectivity index (χ0v) is 17.7. The standard InChI is InChI=1S/C21H33N5O3/c1-16(29-19-7-5-4-6-18(19)28-3)14-23-21(22-2)26-12-10-25(11-13-26)15-20(27)24-17-8-9-17/h4-7,16-17H,8-15H2,1-3H3,(H,22,23)(H,24,27). The summed E-state index contributed by atoms with van der Waals surface area (Å²) in [5.41, 5.74) is 0. The molecule has 0 radical (unpaired) electrons. The smallest absolute Gasteiger partial charge is 0.234 e. The number of rotatable bonds is 8. The number of para-hydroxylation sites is 2. The molecule has 29 heavy (non-hydrogen) atoms. The molecule has 8 nitrogen and oxygen atoms in total. The van der Waals surface area contributed by atoms with Crippen molar-refractivity contribution < 1.29 is 14.3 Å². The molecule has 2 fully saturated rings. The van der Waals surface area contributed by atoms with Gasteiger partial charge in [0.05, 0.1) is 20.2 Å². The Bertz CT molecular complexity index is 699. The Balaban J connectivity index is 1.40. The van der Waals surface area contributed by atoms with E-state index in [2.05, 4.69) is 25.4 Å². The zero-order valence-electron chi connectivity index (χ0n) is 17.7. The number of guanidine groups is 1. The Hall–Kier alpha value is -2.48. The van der Waals surface area contributed by atoms with Crippen LogP contribution in [0.1, 0.15) is 19.8 Å². The molecular weight excluding hydrogens is 370 g/mol. The molecule has 1 amide bonds. The summed E-state index contributed by atoms with van der Waals surface area (Å²) in [7, 11) is 3.44. The van der Waals surface area contributed by atoms with Crippen LogP contribution in [0.15, 0.2) is 29.3 Å². The number of benzene rings is 1. The van der Waals surface area contributed by atoms with E-state index in [1.807, 2.05) is 31.2 Å². The van der Waals surface area contributed by atoms with Crippen LogP contribution in [-0.2, 0) is 4.79 Å². The van der Waals surface area contributed by atoms with Crippen LogP contribution in [0.25, 0.3) is 0 Å². The monoisotopic (exact) mass is 403 g/mol. The molecule has 1 saturated carbocycles. The van der Waals surface area contributed by atoms with Crippen molar-refractivity contribution in [3.05, 3.63) is 24.3 Å². The van der Waals surface area contributed by atoms with Crippen LogP contribution in [0.2, 0.25) is 0 Å². The van der Waals surface area contributed by atoms with E-state index in [1.54, 1.807) is 14.2 Å². The number of aliphatic imine (C=N–C) groups is 1. The Labute approximate surface area is 173 Å². The first-order valence-electron chi connectivity index (χ1n) is 10.4. The first-order valence-corrected chi connectivity index (χ1v) is 10.4. The van der Waals surface area contributed by atoms with Crippen molar-refractivity contribution in [3.8, 4) is 11.5 Å². The van der Waals surface area contributed by atoms with Crippen molar-refractivity contribution in [2.75, 3.05) is 53.4 Å². The minimum absolute atomic E-state index is 0.0459. The van der Waals surface area contributed by atoms with E-state index in [4.69, 9.17) is 9.47 Å². The van der Waals surface area contributed by atoms with Crippen molar-refractivity contribution in [2.45, 2.75) is 31.9 Å². The van der Waals surface area contributed by atoms with Crippen LogP contribution in [0.5, 0.6) is 11.5 Å². The number of nitrogens with zero attached hydrogens (tertiary/aromatic N) is 3. The van der Waals surface area contributed by atoms with Gasteiger partial charge in [0.1, 0.15) is 6.10 Å². The Morgan fingerprint density at radius 3 is 2.52 bits per heavy atom. The van der Waals surface area contributed by atoms with Gasteiger partial charge in [0.2, 0.25) is 5.91 Å². The molecule has 160 valence electrons. The quantitative estimate of drug-likeness (QED) is 0.497. The Kier molecular flexibility index (Phi) is 7.57. The first kappa shape index (κ1) is 21.2. The highest BCUT2D eigenvalue weighted by Crippen LogP contribution is 2.26. The zero-order chi connectivity index (χ0) is 20.6. The van der Waals surface area contributed by atoms with E-state index < -0.39 is 0 Å². The number of hydrogen-bond donors (Lipinski definition) is 2. The Morgan fingerprint density at radius 2 is 1.90 bits per heavy atom. The third kappa shape index (κ3) is 6.52. The second kappa shape index (κ2) is 10.3. The molecule has 1 heterocycles. The third-order valence-corrected chi connectivity index (χ3v) is 5.14. The van der Waals surface area contributed by atoms with Crippen LogP contribution in [-0.4, -0.2) is 87.2 Å². The molecule has 1 aliphatic carbocycles. The topological polar surface area (TPSA) is 78.4 Å². The Morgan fingerprint density at radius 1 is 1.21 bits per heavy atom. The van der Waals surface area contributed by atoms with Crippen molar-refractivity contribution in [3.63, 3.8) is 0 Å². The van der Waals surface area contributed by atoms with Crippen LogP contribution in [0.4, 0.5) is 0 Å². The van der Waals surface area contributed by atoms with Crippen LogP contribution in [0, 0.1) is 0 Å². The lowest BCUT2D eigenvalue weighted by Crippen LogP contribution is -2.54. The van der Waals surface area contributed by atoms with Gasteiger partial charge in [-0.1, -0.05) is 12.1 Å². The maximum absolute atomic E-state index is 12.0. The maximum Gasteiger partial charge on any atom is 0.234 e. The van der Waals surface area contributed by atoms with Crippen molar-refractivity contribution in [1.82, 2.24) is 20.4 Å². The fraction of sp³-hybridized carbons (Fsp3) is 0.619. The van der Waals surface area contributed by atoms with Gasteiger partial charge in [0.15, 0.2) is 17.5 Å². The van der Waals surface area contributed by atoms with Gasteiger partial charge >= 0.3 is 0 Å². The van der Waals surface area contributed by atoms with Gasteiger partial charge in [-0.3, -0.25) is 14.7 Å². The highest BCUT2D eigenvalue weighted by atomic mass is 16.5. The van der Waals surface area contributed by atoms with E-state index in [9.17, 15) is 4.79 Å². The minimum Gasteiger partial charge on any atom is -0.493 e. The van der Waals surface area contributed by atoms with E-state index >= 15 is 0 Å². The molecular formula is C21H33N5O3. The molecule has 1 unspecified atom stereocenters. The third-order valence-electron chi connectivity index (χ3n) is 5.14. The number of carbonyl (C=O) groups excluding carboxylic acids is 1. The van der Waals surface area contributed by atoms with Gasteiger partial charge in [-0.25, -0.2) is 0 Å². The number of nitrogens with one attached hydrogen (secondary N) is 2. The van der Waals surface area contributed by atoms with E-state index in [0.717, 1.165) is 56.5 Å². The minimum atomic E-state index is -0.0459. The molecule has 1 aromatic carbocycles. The molecule has 1 aromatic rings. The predicted molar refractivity (Wildman–Crippen MR) is 114 cm³/mol. The summed E-state index contributed by atoms with van der Waals surface area (Å²) in [6.07, 6.45) is 2.21. The maximum atomic E-state index is 12.0. The summed E-state index contributed by atoms with van der Waals surface area (Å²) < 4.78 is 11.3. The molecule has 0 spiro atoms. The average molecular weight is 404 g/mol.